The monoisotopic (exact) mass is 363 g/mol. The van der Waals surface area contributed by atoms with Gasteiger partial charge in [0.2, 0.25) is 11.9 Å². The number of pyridine rings is 1. The third-order valence-electron chi connectivity index (χ3n) is 3.72. The van der Waals surface area contributed by atoms with Crippen LogP contribution >= 0.6 is 0 Å². The summed E-state index contributed by atoms with van der Waals surface area (Å²) in [5.41, 5.74) is 1.76. The van der Waals surface area contributed by atoms with Gasteiger partial charge in [-0.15, -0.1) is 0 Å². The van der Waals surface area contributed by atoms with Crippen molar-refractivity contribution in [3.63, 3.8) is 0 Å². The molecule has 0 aliphatic rings. The minimum absolute atomic E-state index is 0.0783. The first-order valence-electron chi connectivity index (χ1n) is 7.51. The van der Waals surface area contributed by atoms with Gasteiger partial charge in [0, 0.05) is 5.56 Å². The molecule has 3 aromatic rings. The van der Waals surface area contributed by atoms with Crippen LogP contribution in [0.5, 0.6) is 0 Å². The third-order valence-corrected chi connectivity index (χ3v) is 4.31. The molecular formula is C18H15F2NO3S. The first kappa shape index (κ1) is 17.4. The number of rotatable bonds is 5. The topological polar surface area (TPSA) is 56.3 Å². The standard InChI is InChI=1S/C18H15F2NO3S/c1-25(22,23)24-9-8-12-2-3-14-11-15(5-4-13(14)10-12)16-6-7-17(19)21-18(16)20/h2-7,10-11H,8-9H2,1H3. The number of benzene rings is 2. The molecule has 7 heteroatoms. The lowest BCUT2D eigenvalue weighted by Crippen LogP contribution is -2.06. The van der Waals surface area contributed by atoms with Gasteiger partial charge in [-0.05, 0) is 46.5 Å². The van der Waals surface area contributed by atoms with E-state index in [9.17, 15) is 17.2 Å². The lowest BCUT2D eigenvalue weighted by atomic mass is 10.00. The second-order valence-electron chi connectivity index (χ2n) is 5.64. The second-order valence-corrected chi connectivity index (χ2v) is 7.29. The van der Waals surface area contributed by atoms with E-state index in [0.717, 1.165) is 28.7 Å². The van der Waals surface area contributed by atoms with Crippen LogP contribution < -0.4 is 0 Å². The summed E-state index contributed by atoms with van der Waals surface area (Å²) in [6.45, 7) is 0.0783. The molecule has 0 N–H and O–H groups in total. The summed E-state index contributed by atoms with van der Waals surface area (Å²) in [6.07, 6.45) is 1.47. The van der Waals surface area contributed by atoms with E-state index in [0.29, 0.717) is 12.0 Å². The smallest absolute Gasteiger partial charge is 0.264 e. The molecule has 0 aliphatic heterocycles. The molecule has 0 aliphatic carbocycles. The Bertz CT molecular complexity index is 1040. The van der Waals surface area contributed by atoms with E-state index in [1.54, 1.807) is 12.1 Å². The van der Waals surface area contributed by atoms with E-state index in [1.165, 1.54) is 6.07 Å². The highest BCUT2D eigenvalue weighted by atomic mass is 32.2. The molecule has 0 unspecified atom stereocenters. The summed E-state index contributed by atoms with van der Waals surface area (Å²) in [6, 6.07) is 13.5. The van der Waals surface area contributed by atoms with Gasteiger partial charge in [-0.3, -0.25) is 4.18 Å². The molecule has 0 fully saturated rings. The zero-order valence-corrected chi connectivity index (χ0v) is 14.2. The van der Waals surface area contributed by atoms with Gasteiger partial charge >= 0.3 is 0 Å². The fraction of sp³-hybridized carbons (Fsp3) is 0.167. The zero-order chi connectivity index (χ0) is 18.0. The molecule has 1 aromatic heterocycles. The lowest BCUT2D eigenvalue weighted by Gasteiger charge is -2.07. The average molecular weight is 363 g/mol. The summed E-state index contributed by atoms with van der Waals surface area (Å²) in [5, 5.41) is 1.81. The molecule has 0 bridgehead atoms. The van der Waals surface area contributed by atoms with E-state index in [2.05, 4.69) is 4.98 Å². The lowest BCUT2D eigenvalue weighted by molar-refractivity contribution is 0.326. The van der Waals surface area contributed by atoms with Crippen molar-refractivity contribution in [1.82, 2.24) is 4.98 Å². The zero-order valence-electron chi connectivity index (χ0n) is 13.4. The highest BCUT2D eigenvalue weighted by molar-refractivity contribution is 7.85. The van der Waals surface area contributed by atoms with Crippen molar-refractivity contribution < 1.29 is 21.4 Å². The van der Waals surface area contributed by atoms with Crippen LogP contribution in [0.1, 0.15) is 5.56 Å². The van der Waals surface area contributed by atoms with Gasteiger partial charge < -0.3 is 0 Å². The van der Waals surface area contributed by atoms with Gasteiger partial charge in [-0.25, -0.2) is 0 Å². The average Bonchev–Trinajstić information content (AvgIpc) is 2.53. The molecule has 0 atom stereocenters. The van der Waals surface area contributed by atoms with Crippen LogP contribution in [0.2, 0.25) is 0 Å². The summed E-state index contributed by atoms with van der Waals surface area (Å²) >= 11 is 0. The number of aromatic nitrogens is 1. The second kappa shape index (κ2) is 6.85. The van der Waals surface area contributed by atoms with Crippen molar-refractivity contribution in [1.29, 1.82) is 0 Å². The molecule has 130 valence electrons. The Kier molecular flexibility index (Phi) is 4.78. The van der Waals surface area contributed by atoms with E-state index < -0.39 is 22.0 Å². The molecule has 0 radical (unpaired) electrons. The Balaban J connectivity index is 1.86. The van der Waals surface area contributed by atoms with Gasteiger partial charge in [0.15, 0.2) is 0 Å². The maximum atomic E-state index is 13.8. The fourth-order valence-electron chi connectivity index (χ4n) is 2.56. The molecule has 4 nitrogen and oxygen atoms in total. The minimum Gasteiger partial charge on any atom is -0.270 e. The normalized spacial score (nSPS) is 11.8. The van der Waals surface area contributed by atoms with Crippen molar-refractivity contribution in [3.8, 4) is 11.1 Å². The molecule has 1 heterocycles. The van der Waals surface area contributed by atoms with E-state index in [-0.39, 0.29) is 12.2 Å². The summed E-state index contributed by atoms with van der Waals surface area (Å²) < 4.78 is 53.4. The van der Waals surface area contributed by atoms with Crippen LogP contribution in [-0.4, -0.2) is 26.3 Å². The molecule has 0 saturated carbocycles. The predicted molar refractivity (Wildman–Crippen MR) is 91.6 cm³/mol. The Morgan fingerprint density at radius 1 is 1.00 bits per heavy atom. The van der Waals surface area contributed by atoms with Crippen molar-refractivity contribution in [2.45, 2.75) is 6.42 Å². The third kappa shape index (κ3) is 4.37. The fourth-order valence-corrected chi connectivity index (χ4v) is 2.94. The molecule has 0 saturated heterocycles. The number of halogens is 2. The SMILES string of the molecule is CS(=O)(=O)OCCc1ccc2cc(-c3ccc(F)nc3F)ccc2c1. The first-order chi connectivity index (χ1) is 11.8. The predicted octanol–water partition coefficient (Wildman–Crippen LogP) is 3.70. The Morgan fingerprint density at radius 3 is 2.44 bits per heavy atom. The first-order valence-corrected chi connectivity index (χ1v) is 9.33. The van der Waals surface area contributed by atoms with Gasteiger partial charge in [-0.1, -0.05) is 30.3 Å². The van der Waals surface area contributed by atoms with Crippen molar-refractivity contribution >= 4 is 20.9 Å². The van der Waals surface area contributed by atoms with E-state index in [1.807, 2.05) is 24.3 Å². The highest BCUT2D eigenvalue weighted by Gasteiger charge is 2.09. The van der Waals surface area contributed by atoms with Gasteiger partial charge in [0.05, 0.1) is 12.9 Å². The van der Waals surface area contributed by atoms with Gasteiger partial charge in [-0.2, -0.15) is 22.2 Å². The molecule has 25 heavy (non-hydrogen) atoms. The van der Waals surface area contributed by atoms with E-state index >= 15 is 0 Å². The largest absolute Gasteiger partial charge is 0.270 e. The number of hydrogen-bond donors (Lipinski definition) is 0. The Hall–Kier alpha value is -2.38. The van der Waals surface area contributed by atoms with Gasteiger partial charge in [0.1, 0.15) is 0 Å². The molecule has 0 spiro atoms. The minimum atomic E-state index is -3.45. The van der Waals surface area contributed by atoms with Crippen LogP contribution in [-0.2, 0) is 20.7 Å². The quantitative estimate of drug-likeness (QED) is 0.512. The number of nitrogens with zero attached hydrogens (tertiary/aromatic N) is 1. The molecule has 3 rings (SSSR count). The van der Waals surface area contributed by atoms with Crippen LogP contribution in [0.4, 0.5) is 8.78 Å². The van der Waals surface area contributed by atoms with Crippen LogP contribution in [0.25, 0.3) is 21.9 Å². The van der Waals surface area contributed by atoms with Gasteiger partial charge in [0.25, 0.3) is 10.1 Å². The van der Waals surface area contributed by atoms with Crippen molar-refractivity contribution in [2.24, 2.45) is 0 Å². The number of fused-ring (bicyclic) bond motifs is 1. The van der Waals surface area contributed by atoms with Crippen LogP contribution in [0, 0.1) is 11.9 Å². The van der Waals surface area contributed by atoms with Crippen molar-refractivity contribution in [3.05, 3.63) is 66.0 Å². The summed E-state index contributed by atoms with van der Waals surface area (Å²) in [4.78, 5) is 3.20. The van der Waals surface area contributed by atoms with Crippen LogP contribution in [0.15, 0.2) is 48.5 Å². The highest BCUT2D eigenvalue weighted by Crippen LogP contribution is 2.26. The maximum Gasteiger partial charge on any atom is 0.264 e. The Morgan fingerprint density at radius 2 is 1.72 bits per heavy atom. The van der Waals surface area contributed by atoms with E-state index in [4.69, 9.17) is 4.18 Å². The molecule has 2 aromatic carbocycles. The number of hydrogen-bond acceptors (Lipinski definition) is 4. The maximum absolute atomic E-state index is 13.8. The Labute approximate surface area is 144 Å². The molecule has 0 amide bonds. The summed E-state index contributed by atoms with van der Waals surface area (Å²) in [5.74, 6) is -1.71. The summed E-state index contributed by atoms with van der Waals surface area (Å²) in [7, 11) is -3.45. The molecular weight excluding hydrogens is 348 g/mol. The van der Waals surface area contributed by atoms with Crippen LogP contribution in [0.3, 0.4) is 0 Å². The van der Waals surface area contributed by atoms with Crippen molar-refractivity contribution in [2.75, 3.05) is 12.9 Å².